The summed E-state index contributed by atoms with van der Waals surface area (Å²) in [6.07, 6.45) is 1.84. The molecular weight excluding hydrogens is 300 g/mol. The molecule has 0 atom stereocenters. The Morgan fingerprint density at radius 2 is 1.50 bits per heavy atom. The molecular formula is C19H24N4O. The van der Waals surface area contributed by atoms with Gasteiger partial charge in [-0.2, -0.15) is 9.78 Å². The Morgan fingerprint density at radius 3 is 2.04 bits per heavy atom. The maximum Gasteiger partial charge on any atom is 0.343 e. The second-order valence-corrected chi connectivity index (χ2v) is 8.11. The summed E-state index contributed by atoms with van der Waals surface area (Å²) < 4.78 is 7.35. The van der Waals surface area contributed by atoms with Crippen molar-refractivity contribution in [3.8, 4) is 17.3 Å². The number of hydrogen-bond acceptors (Lipinski definition) is 4. The van der Waals surface area contributed by atoms with E-state index in [0.717, 1.165) is 11.3 Å². The van der Waals surface area contributed by atoms with E-state index in [1.165, 1.54) is 5.56 Å². The average Bonchev–Trinajstić information content (AvgIpc) is 3.15. The van der Waals surface area contributed by atoms with E-state index in [1.807, 2.05) is 33.0 Å². The molecule has 24 heavy (non-hydrogen) atoms. The van der Waals surface area contributed by atoms with E-state index in [1.54, 1.807) is 4.68 Å². The second-order valence-electron chi connectivity index (χ2n) is 8.11. The lowest BCUT2D eigenvalue weighted by atomic mass is 9.86. The van der Waals surface area contributed by atoms with E-state index in [4.69, 9.17) is 4.42 Å². The zero-order valence-corrected chi connectivity index (χ0v) is 15.2. The molecule has 0 aliphatic carbocycles. The molecule has 0 aliphatic heterocycles. The van der Waals surface area contributed by atoms with Crippen molar-refractivity contribution in [2.45, 2.75) is 52.4 Å². The van der Waals surface area contributed by atoms with E-state index < -0.39 is 0 Å². The molecule has 0 aliphatic rings. The van der Waals surface area contributed by atoms with Gasteiger partial charge in [0.05, 0.1) is 5.69 Å². The zero-order valence-electron chi connectivity index (χ0n) is 15.2. The Kier molecular flexibility index (Phi) is 3.82. The molecule has 0 spiro atoms. The summed E-state index contributed by atoms with van der Waals surface area (Å²) in [7, 11) is 0. The van der Waals surface area contributed by atoms with Crippen LogP contribution >= 0.6 is 0 Å². The lowest BCUT2D eigenvalue weighted by molar-refractivity contribution is 0.381. The van der Waals surface area contributed by atoms with Crippen LogP contribution in [-0.4, -0.2) is 20.0 Å². The van der Waals surface area contributed by atoms with Crippen molar-refractivity contribution in [3.05, 3.63) is 48.0 Å². The largest absolute Gasteiger partial charge is 0.406 e. The van der Waals surface area contributed by atoms with Crippen molar-refractivity contribution in [2.24, 2.45) is 0 Å². The first-order valence-corrected chi connectivity index (χ1v) is 8.15. The van der Waals surface area contributed by atoms with Gasteiger partial charge in [0.2, 0.25) is 5.89 Å². The fourth-order valence-corrected chi connectivity index (χ4v) is 2.34. The molecule has 0 fully saturated rings. The number of rotatable bonds is 2. The quantitative estimate of drug-likeness (QED) is 0.695. The van der Waals surface area contributed by atoms with E-state index in [0.29, 0.717) is 11.9 Å². The molecule has 0 unspecified atom stereocenters. The molecule has 0 radical (unpaired) electrons. The first-order valence-electron chi connectivity index (χ1n) is 8.15. The van der Waals surface area contributed by atoms with Crippen molar-refractivity contribution in [1.82, 2.24) is 20.0 Å². The number of benzene rings is 1. The summed E-state index contributed by atoms with van der Waals surface area (Å²) in [5, 5.41) is 12.8. The van der Waals surface area contributed by atoms with Gasteiger partial charge in [0, 0.05) is 17.2 Å². The van der Waals surface area contributed by atoms with Crippen molar-refractivity contribution in [3.63, 3.8) is 0 Å². The van der Waals surface area contributed by atoms with Crippen LogP contribution in [0.3, 0.4) is 0 Å². The molecule has 2 aromatic heterocycles. The van der Waals surface area contributed by atoms with Crippen LogP contribution < -0.4 is 0 Å². The molecule has 5 heteroatoms. The Morgan fingerprint density at radius 1 is 0.833 bits per heavy atom. The minimum atomic E-state index is -0.177. The van der Waals surface area contributed by atoms with Crippen LogP contribution in [0.4, 0.5) is 0 Å². The Bertz CT molecular complexity index is 829. The van der Waals surface area contributed by atoms with Gasteiger partial charge in [0.1, 0.15) is 0 Å². The van der Waals surface area contributed by atoms with E-state index in [9.17, 15) is 0 Å². The lowest BCUT2D eigenvalue weighted by Gasteiger charge is -2.18. The third-order valence-corrected chi connectivity index (χ3v) is 3.89. The van der Waals surface area contributed by atoms with Crippen LogP contribution in [0, 0.1) is 0 Å². The van der Waals surface area contributed by atoms with Crippen LogP contribution in [0.5, 0.6) is 0 Å². The summed E-state index contributed by atoms with van der Waals surface area (Å²) >= 11 is 0. The Hall–Kier alpha value is -2.43. The molecule has 5 nitrogen and oxygen atoms in total. The van der Waals surface area contributed by atoms with Gasteiger partial charge >= 0.3 is 6.01 Å². The normalized spacial score (nSPS) is 12.6. The summed E-state index contributed by atoms with van der Waals surface area (Å²) in [5.41, 5.74) is 3.22. The van der Waals surface area contributed by atoms with Crippen molar-refractivity contribution in [1.29, 1.82) is 0 Å². The molecule has 3 rings (SSSR count). The van der Waals surface area contributed by atoms with Crippen LogP contribution in [0.15, 0.2) is 40.9 Å². The molecule has 1 aromatic carbocycles. The molecule has 0 saturated carbocycles. The van der Waals surface area contributed by atoms with E-state index >= 15 is 0 Å². The number of hydrogen-bond donors (Lipinski definition) is 0. The molecule has 3 aromatic rings. The first kappa shape index (κ1) is 16.4. The maximum atomic E-state index is 5.73. The fourth-order valence-electron chi connectivity index (χ4n) is 2.34. The highest BCUT2D eigenvalue weighted by Gasteiger charge is 2.22. The summed E-state index contributed by atoms with van der Waals surface area (Å²) in [5.74, 6) is 0.601. The number of aromatic nitrogens is 4. The molecule has 126 valence electrons. The maximum absolute atomic E-state index is 5.73. The van der Waals surface area contributed by atoms with Gasteiger partial charge in [-0.1, -0.05) is 70.9 Å². The fraction of sp³-hybridized carbons (Fsp3) is 0.421. The SMILES string of the molecule is CC(C)(C)c1ccc(-c2ccn(-c3nnc(C(C)(C)C)o3)n2)cc1. The highest BCUT2D eigenvalue weighted by Crippen LogP contribution is 2.26. The molecule has 0 amide bonds. The molecule has 0 bridgehead atoms. The second kappa shape index (κ2) is 5.58. The standard InChI is InChI=1S/C19H24N4O/c1-18(2,3)14-9-7-13(8-10-14)15-11-12-23(22-15)17-21-20-16(24-17)19(4,5)6/h7-12H,1-6H3. The minimum absolute atomic E-state index is 0.144. The van der Waals surface area contributed by atoms with Crippen LogP contribution in [-0.2, 0) is 10.8 Å². The highest BCUT2D eigenvalue weighted by atomic mass is 16.4. The highest BCUT2D eigenvalue weighted by molar-refractivity contribution is 5.59. The van der Waals surface area contributed by atoms with Gasteiger partial charge in [-0.05, 0) is 17.0 Å². The minimum Gasteiger partial charge on any atom is -0.406 e. The first-order chi connectivity index (χ1) is 11.1. The van der Waals surface area contributed by atoms with Gasteiger partial charge < -0.3 is 4.42 Å². The number of nitrogens with zero attached hydrogens (tertiary/aromatic N) is 4. The van der Waals surface area contributed by atoms with Gasteiger partial charge in [-0.3, -0.25) is 0 Å². The third-order valence-electron chi connectivity index (χ3n) is 3.89. The zero-order chi connectivity index (χ0) is 17.5. The van der Waals surface area contributed by atoms with Gasteiger partial charge in [0.15, 0.2) is 0 Å². The molecule has 0 N–H and O–H groups in total. The van der Waals surface area contributed by atoms with Gasteiger partial charge in [-0.25, -0.2) is 0 Å². The topological polar surface area (TPSA) is 56.7 Å². The summed E-state index contributed by atoms with van der Waals surface area (Å²) in [6.45, 7) is 12.7. The van der Waals surface area contributed by atoms with Crippen LogP contribution in [0.1, 0.15) is 53.0 Å². The van der Waals surface area contributed by atoms with E-state index in [-0.39, 0.29) is 10.8 Å². The lowest BCUT2D eigenvalue weighted by Crippen LogP contribution is -2.11. The summed E-state index contributed by atoms with van der Waals surface area (Å²) in [6, 6.07) is 10.8. The van der Waals surface area contributed by atoms with Gasteiger partial charge in [-0.15, -0.1) is 5.10 Å². The Balaban J connectivity index is 1.87. The van der Waals surface area contributed by atoms with Crippen LogP contribution in [0.25, 0.3) is 17.3 Å². The predicted octanol–water partition coefficient (Wildman–Crippen LogP) is 4.52. The molecule has 2 heterocycles. The monoisotopic (exact) mass is 324 g/mol. The summed E-state index contributed by atoms with van der Waals surface area (Å²) in [4.78, 5) is 0. The van der Waals surface area contributed by atoms with Crippen LogP contribution in [0.2, 0.25) is 0 Å². The van der Waals surface area contributed by atoms with Gasteiger partial charge in [0.25, 0.3) is 0 Å². The average molecular weight is 324 g/mol. The predicted molar refractivity (Wildman–Crippen MR) is 94.3 cm³/mol. The van der Waals surface area contributed by atoms with Crippen molar-refractivity contribution < 1.29 is 4.42 Å². The molecule has 0 saturated heterocycles. The van der Waals surface area contributed by atoms with Crippen molar-refractivity contribution >= 4 is 0 Å². The Labute approximate surface area is 142 Å². The third kappa shape index (κ3) is 3.25. The van der Waals surface area contributed by atoms with E-state index in [2.05, 4.69) is 60.3 Å². The smallest absolute Gasteiger partial charge is 0.343 e. The van der Waals surface area contributed by atoms with Crippen molar-refractivity contribution in [2.75, 3.05) is 0 Å².